The lowest BCUT2D eigenvalue weighted by molar-refractivity contribution is -0.135. The number of carbonyl (C=O) groups excluding carboxylic acids is 2. The van der Waals surface area contributed by atoms with E-state index in [-0.39, 0.29) is 17.7 Å². The zero-order chi connectivity index (χ0) is 22.6. The van der Waals surface area contributed by atoms with Crippen molar-refractivity contribution >= 4 is 21.8 Å². The Kier molecular flexibility index (Phi) is 7.12. The van der Waals surface area contributed by atoms with Gasteiger partial charge in [0.05, 0.1) is 4.90 Å². The van der Waals surface area contributed by atoms with Crippen LogP contribution in [0.5, 0.6) is 0 Å². The molecule has 1 heterocycles. The van der Waals surface area contributed by atoms with Gasteiger partial charge in [-0.1, -0.05) is 29.8 Å². The molecular formula is C23H29N3O4S. The molecule has 8 heteroatoms. The molecule has 1 aliphatic heterocycles. The fourth-order valence-corrected chi connectivity index (χ4v) is 5.24. The summed E-state index contributed by atoms with van der Waals surface area (Å²) in [5, 5.41) is 2.58. The number of hydrogen-bond donors (Lipinski definition) is 1. The Balaban J connectivity index is 1.57. The molecule has 1 saturated heterocycles. The first-order chi connectivity index (χ1) is 14.7. The summed E-state index contributed by atoms with van der Waals surface area (Å²) >= 11 is 0. The van der Waals surface area contributed by atoms with Crippen LogP contribution < -0.4 is 5.32 Å². The van der Waals surface area contributed by atoms with E-state index in [1.807, 2.05) is 19.1 Å². The first-order valence-electron chi connectivity index (χ1n) is 10.3. The summed E-state index contributed by atoms with van der Waals surface area (Å²) in [6.07, 6.45) is 1.01. The highest BCUT2D eigenvalue weighted by Gasteiger charge is 2.33. The third-order valence-corrected chi connectivity index (χ3v) is 7.61. The predicted molar refractivity (Wildman–Crippen MR) is 119 cm³/mol. The highest BCUT2D eigenvalue weighted by Crippen LogP contribution is 2.25. The van der Waals surface area contributed by atoms with Gasteiger partial charge in [0.1, 0.15) is 0 Å². The summed E-state index contributed by atoms with van der Waals surface area (Å²) in [5.41, 5.74) is 2.51. The summed E-state index contributed by atoms with van der Waals surface area (Å²) in [5.74, 6) is -0.328. The predicted octanol–water partition coefficient (Wildman–Crippen LogP) is 2.41. The van der Waals surface area contributed by atoms with Gasteiger partial charge < -0.3 is 10.2 Å². The number of amides is 2. The molecule has 2 aromatic carbocycles. The summed E-state index contributed by atoms with van der Waals surface area (Å²) in [7, 11) is -0.197. The van der Waals surface area contributed by atoms with E-state index in [0.717, 1.165) is 11.1 Å². The Hall–Kier alpha value is -2.71. The molecular weight excluding hydrogens is 414 g/mol. The number of nitrogens with one attached hydrogen (secondary N) is 1. The second-order valence-corrected chi connectivity index (χ2v) is 9.90. The van der Waals surface area contributed by atoms with E-state index in [1.54, 1.807) is 55.4 Å². The van der Waals surface area contributed by atoms with Crippen LogP contribution in [-0.2, 0) is 21.4 Å². The summed E-state index contributed by atoms with van der Waals surface area (Å²) in [6, 6.07) is 14.0. The molecule has 1 aliphatic rings. The van der Waals surface area contributed by atoms with Gasteiger partial charge in [-0.05, 0) is 49.6 Å². The number of benzene rings is 2. The molecule has 2 amide bonds. The van der Waals surface area contributed by atoms with Gasteiger partial charge in [0.15, 0.2) is 0 Å². The Morgan fingerprint density at radius 2 is 1.61 bits per heavy atom. The molecule has 7 nitrogen and oxygen atoms in total. The molecule has 0 radical (unpaired) electrons. The average molecular weight is 444 g/mol. The van der Waals surface area contributed by atoms with E-state index < -0.39 is 10.0 Å². The molecule has 1 fully saturated rings. The molecule has 0 saturated carbocycles. The monoisotopic (exact) mass is 443 g/mol. The van der Waals surface area contributed by atoms with Crippen molar-refractivity contribution < 1.29 is 18.0 Å². The molecule has 0 spiro atoms. The van der Waals surface area contributed by atoms with Gasteiger partial charge in [-0.25, -0.2) is 8.42 Å². The fraction of sp³-hybridized carbons (Fsp3) is 0.391. The number of piperidine rings is 1. The SMILES string of the molecule is CNC(=O)c1ccc(CN(C)C(=O)C2CCN(S(=O)(=O)c3ccc(C)cc3)CC2)cc1. The summed E-state index contributed by atoms with van der Waals surface area (Å²) in [6.45, 7) is 3.03. The number of hydrogen-bond acceptors (Lipinski definition) is 4. The molecule has 0 aliphatic carbocycles. The van der Waals surface area contributed by atoms with Crippen LogP contribution in [0.2, 0.25) is 0 Å². The largest absolute Gasteiger partial charge is 0.355 e. The van der Waals surface area contributed by atoms with Crippen LogP contribution in [0.3, 0.4) is 0 Å². The van der Waals surface area contributed by atoms with Gasteiger partial charge in [-0.2, -0.15) is 4.31 Å². The maximum atomic E-state index is 12.9. The Morgan fingerprint density at radius 1 is 1.03 bits per heavy atom. The molecule has 166 valence electrons. The number of carbonyl (C=O) groups is 2. The minimum atomic E-state index is -3.53. The van der Waals surface area contributed by atoms with Crippen LogP contribution in [0.15, 0.2) is 53.4 Å². The van der Waals surface area contributed by atoms with E-state index in [0.29, 0.717) is 42.9 Å². The van der Waals surface area contributed by atoms with Crippen molar-refractivity contribution in [3.63, 3.8) is 0 Å². The van der Waals surface area contributed by atoms with Crippen molar-refractivity contribution in [3.8, 4) is 0 Å². The van der Waals surface area contributed by atoms with Gasteiger partial charge in [0.25, 0.3) is 5.91 Å². The fourth-order valence-electron chi connectivity index (χ4n) is 3.77. The Morgan fingerprint density at radius 3 is 2.16 bits per heavy atom. The Bertz CT molecular complexity index is 1030. The lowest BCUT2D eigenvalue weighted by Gasteiger charge is -2.32. The van der Waals surface area contributed by atoms with Crippen LogP contribution in [-0.4, -0.2) is 56.6 Å². The first-order valence-corrected chi connectivity index (χ1v) is 11.8. The van der Waals surface area contributed by atoms with E-state index in [1.165, 1.54) is 4.31 Å². The van der Waals surface area contributed by atoms with Crippen molar-refractivity contribution in [1.82, 2.24) is 14.5 Å². The third kappa shape index (κ3) is 5.32. The van der Waals surface area contributed by atoms with Crippen molar-refractivity contribution in [1.29, 1.82) is 0 Å². The zero-order valence-electron chi connectivity index (χ0n) is 18.2. The van der Waals surface area contributed by atoms with Crippen molar-refractivity contribution in [2.24, 2.45) is 5.92 Å². The molecule has 0 bridgehead atoms. The number of nitrogens with zero attached hydrogens (tertiary/aromatic N) is 2. The second-order valence-electron chi connectivity index (χ2n) is 7.96. The molecule has 0 aromatic heterocycles. The van der Waals surface area contributed by atoms with Gasteiger partial charge in [0, 0.05) is 45.2 Å². The Labute approximate surface area is 184 Å². The minimum Gasteiger partial charge on any atom is -0.355 e. The molecule has 0 atom stereocenters. The van der Waals surface area contributed by atoms with Gasteiger partial charge in [0.2, 0.25) is 15.9 Å². The highest BCUT2D eigenvalue weighted by atomic mass is 32.2. The quantitative estimate of drug-likeness (QED) is 0.743. The lowest BCUT2D eigenvalue weighted by atomic mass is 9.96. The standard InChI is InChI=1S/C23H29N3O4S/c1-17-4-10-21(11-5-17)31(29,30)26-14-12-20(13-15-26)23(28)25(3)16-18-6-8-19(9-7-18)22(27)24-2/h4-11,20H,12-16H2,1-3H3,(H,24,27). The number of aryl methyl sites for hydroxylation is 1. The van der Waals surface area contributed by atoms with Crippen LogP contribution in [0.25, 0.3) is 0 Å². The lowest BCUT2D eigenvalue weighted by Crippen LogP contribution is -2.43. The number of rotatable bonds is 6. The summed E-state index contributed by atoms with van der Waals surface area (Å²) < 4.78 is 27.2. The van der Waals surface area contributed by atoms with Crippen LogP contribution in [0.1, 0.15) is 34.3 Å². The topological polar surface area (TPSA) is 86.8 Å². The van der Waals surface area contributed by atoms with Gasteiger partial charge in [-0.15, -0.1) is 0 Å². The average Bonchev–Trinajstić information content (AvgIpc) is 2.79. The van der Waals surface area contributed by atoms with Gasteiger partial charge in [-0.3, -0.25) is 9.59 Å². The third-order valence-electron chi connectivity index (χ3n) is 5.70. The normalized spacial score (nSPS) is 15.5. The van der Waals surface area contributed by atoms with Crippen molar-refractivity contribution in [2.45, 2.75) is 31.2 Å². The van der Waals surface area contributed by atoms with E-state index >= 15 is 0 Å². The molecule has 31 heavy (non-hydrogen) atoms. The number of sulfonamides is 1. The minimum absolute atomic E-state index is 0.0164. The maximum Gasteiger partial charge on any atom is 0.251 e. The smallest absolute Gasteiger partial charge is 0.251 e. The van der Waals surface area contributed by atoms with Gasteiger partial charge >= 0.3 is 0 Å². The van der Waals surface area contributed by atoms with E-state index in [2.05, 4.69) is 5.32 Å². The molecule has 3 rings (SSSR count). The van der Waals surface area contributed by atoms with E-state index in [9.17, 15) is 18.0 Å². The molecule has 0 unspecified atom stereocenters. The van der Waals surface area contributed by atoms with Crippen molar-refractivity contribution in [2.75, 3.05) is 27.2 Å². The molecule has 1 N–H and O–H groups in total. The zero-order valence-corrected chi connectivity index (χ0v) is 19.0. The highest BCUT2D eigenvalue weighted by molar-refractivity contribution is 7.89. The summed E-state index contributed by atoms with van der Waals surface area (Å²) in [4.78, 5) is 26.5. The van der Waals surface area contributed by atoms with Crippen LogP contribution in [0, 0.1) is 12.8 Å². The van der Waals surface area contributed by atoms with E-state index in [4.69, 9.17) is 0 Å². The second kappa shape index (κ2) is 9.62. The van der Waals surface area contributed by atoms with Crippen LogP contribution >= 0.6 is 0 Å². The van der Waals surface area contributed by atoms with Crippen LogP contribution in [0.4, 0.5) is 0 Å². The van der Waals surface area contributed by atoms with Crippen molar-refractivity contribution in [3.05, 3.63) is 65.2 Å². The molecule has 2 aromatic rings. The maximum absolute atomic E-state index is 12.9. The first kappa shape index (κ1) is 23.0.